The second kappa shape index (κ2) is 5.47. The van der Waals surface area contributed by atoms with E-state index in [1.807, 2.05) is 12.1 Å². The van der Waals surface area contributed by atoms with Crippen LogP contribution in [0.2, 0.25) is 0 Å². The Morgan fingerprint density at radius 1 is 1.53 bits per heavy atom. The first-order valence-electron chi connectivity index (χ1n) is 5.32. The minimum atomic E-state index is 0.340. The van der Waals surface area contributed by atoms with Crippen molar-refractivity contribution in [2.75, 3.05) is 18.5 Å². The van der Waals surface area contributed by atoms with E-state index in [0.717, 1.165) is 29.9 Å². The van der Waals surface area contributed by atoms with Crippen LogP contribution in [0.25, 0.3) is 0 Å². The van der Waals surface area contributed by atoms with Crippen LogP contribution in [0.3, 0.4) is 0 Å². The molecule has 3 nitrogen and oxygen atoms in total. The van der Waals surface area contributed by atoms with Crippen molar-refractivity contribution in [3.8, 4) is 0 Å². The molecule has 0 amide bonds. The molecular formula is C11H15BrN2O. The summed E-state index contributed by atoms with van der Waals surface area (Å²) in [5.74, 6) is 0.895. The number of aromatic nitrogens is 1. The molecule has 1 saturated heterocycles. The van der Waals surface area contributed by atoms with Gasteiger partial charge in [-0.3, -0.25) is 0 Å². The predicted molar refractivity (Wildman–Crippen MR) is 64.0 cm³/mol. The van der Waals surface area contributed by atoms with Crippen molar-refractivity contribution in [2.45, 2.75) is 25.4 Å². The average molecular weight is 271 g/mol. The SMILES string of the molecule is Brc1cccnc1NCC1CCCCO1. The Morgan fingerprint density at radius 2 is 2.47 bits per heavy atom. The van der Waals surface area contributed by atoms with Gasteiger partial charge in [0.25, 0.3) is 0 Å². The van der Waals surface area contributed by atoms with Gasteiger partial charge < -0.3 is 10.1 Å². The second-order valence-corrected chi connectivity index (χ2v) is 4.56. The standard InChI is InChI=1S/C11H15BrN2O/c12-10-5-3-6-13-11(10)14-8-9-4-1-2-7-15-9/h3,5-6,9H,1-2,4,7-8H2,(H,13,14). The highest BCUT2D eigenvalue weighted by Crippen LogP contribution is 2.19. The summed E-state index contributed by atoms with van der Waals surface area (Å²) in [6.07, 6.45) is 5.75. The normalized spacial score (nSPS) is 21.3. The molecule has 0 saturated carbocycles. The molecule has 1 aromatic heterocycles. The number of halogens is 1. The van der Waals surface area contributed by atoms with Crippen molar-refractivity contribution in [3.05, 3.63) is 22.8 Å². The molecule has 1 aliphatic rings. The van der Waals surface area contributed by atoms with E-state index in [1.54, 1.807) is 6.20 Å². The van der Waals surface area contributed by atoms with Gasteiger partial charge in [0.15, 0.2) is 0 Å². The Labute approximate surface area is 98.4 Å². The maximum atomic E-state index is 5.63. The molecular weight excluding hydrogens is 256 g/mol. The molecule has 82 valence electrons. The first kappa shape index (κ1) is 10.9. The zero-order chi connectivity index (χ0) is 10.5. The van der Waals surface area contributed by atoms with E-state index in [0.29, 0.717) is 6.10 Å². The first-order chi connectivity index (χ1) is 7.36. The number of hydrogen-bond acceptors (Lipinski definition) is 3. The maximum absolute atomic E-state index is 5.63. The zero-order valence-corrected chi connectivity index (χ0v) is 10.2. The number of anilines is 1. The number of nitrogens with zero attached hydrogens (tertiary/aromatic N) is 1. The smallest absolute Gasteiger partial charge is 0.140 e. The highest BCUT2D eigenvalue weighted by molar-refractivity contribution is 9.10. The van der Waals surface area contributed by atoms with Crippen LogP contribution in [-0.4, -0.2) is 24.2 Å². The third-order valence-corrected chi connectivity index (χ3v) is 3.17. The van der Waals surface area contributed by atoms with Crippen LogP contribution in [0.4, 0.5) is 5.82 Å². The molecule has 0 aromatic carbocycles. The van der Waals surface area contributed by atoms with Gasteiger partial charge in [-0.15, -0.1) is 0 Å². The molecule has 1 aliphatic heterocycles. The highest BCUT2D eigenvalue weighted by atomic mass is 79.9. The maximum Gasteiger partial charge on any atom is 0.140 e. The predicted octanol–water partition coefficient (Wildman–Crippen LogP) is 2.83. The van der Waals surface area contributed by atoms with E-state index >= 15 is 0 Å². The summed E-state index contributed by atoms with van der Waals surface area (Å²) in [6, 6.07) is 3.89. The third-order valence-electron chi connectivity index (χ3n) is 2.53. The monoisotopic (exact) mass is 270 g/mol. The van der Waals surface area contributed by atoms with Crippen LogP contribution in [-0.2, 0) is 4.74 Å². The number of pyridine rings is 1. The van der Waals surface area contributed by atoms with Crippen LogP contribution in [0.1, 0.15) is 19.3 Å². The topological polar surface area (TPSA) is 34.2 Å². The van der Waals surface area contributed by atoms with Gasteiger partial charge in [0, 0.05) is 19.3 Å². The van der Waals surface area contributed by atoms with Gasteiger partial charge in [-0.05, 0) is 47.3 Å². The molecule has 0 bridgehead atoms. The van der Waals surface area contributed by atoms with E-state index in [2.05, 4.69) is 26.2 Å². The minimum absolute atomic E-state index is 0.340. The summed E-state index contributed by atoms with van der Waals surface area (Å²) >= 11 is 3.46. The van der Waals surface area contributed by atoms with Crippen molar-refractivity contribution >= 4 is 21.7 Å². The van der Waals surface area contributed by atoms with Gasteiger partial charge in [0.2, 0.25) is 0 Å². The van der Waals surface area contributed by atoms with Gasteiger partial charge in [-0.25, -0.2) is 4.98 Å². The molecule has 0 spiro atoms. The van der Waals surface area contributed by atoms with Gasteiger partial charge >= 0.3 is 0 Å². The van der Waals surface area contributed by atoms with E-state index in [4.69, 9.17) is 4.74 Å². The molecule has 1 fully saturated rings. The van der Waals surface area contributed by atoms with Gasteiger partial charge in [-0.1, -0.05) is 0 Å². The minimum Gasteiger partial charge on any atom is -0.376 e. The molecule has 4 heteroatoms. The second-order valence-electron chi connectivity index (χ2n) is 3.70. The largest absolute Gasteiger partial charge is 0.376 e. The molecule has 2 heterocycles. The molecule has 0 aliphatic carbocycles. The Balaban J connectivity index is 1.84. The van der Waals surface area contributed by atoms with Crippen molar-refractivity contribution in [1.82, 2.24) is 4.98 Å². The lowest BCUT2D eigenvalue weighted by Crippen LogP contribution is -2.27. The Morgan fingerprint density at radius 3 is 3.20 bits per heavy atom. The lowest BCUT2D eigenvalue weighted by molar-refractivity contribution is 0.0247. The van der Waals surface area contributed by atoms with Crippen LogP contribution >= 0.6 is 15.9 Å². The molecule has 1 N–H and O–H groups in total. The summed E-state index contributed by atoms with van der Waals surface area (Å²) in [4.78, 5) is 4.25. The quantitative estimate of drug-likeness (QED) is 0.917. The van der Waals surface area contributed by atoms with Crippen molar-refractivity contribution in [3.63, 3.8) is 0 Å². The molecule has 2 rings (SSSR count). The Hall–Kier alpha value is -0.610. The molecule has 15 heavy (non-hydrogen) atoms. The van der Waals surface area contributed by atoms with Crippen LogP contribution < -0.4 is 5.32 Å². The number of rotatable bonds is 3. The summed E-state index contributed by atoms with van der Waals surface area (Å²) < 4.78 is 6.63. The molecule has 1 unspecified atom stereocenters. The van der Waals surface area contributed by atoms with Crippen molar-refractivity contribution < 1.29 is 4.74 Å². The van der Waals surface area contributed by atoms with Crippen molar-refractivity contribution in [1.29, 1.82) is 0 Å². The fourth-order valence-corrected chi connectivity index (χ4v) is 2.09. The van der Waals surface area contributed by atoms with Crippen LogP contribution in [0.5, 0.6) is 0 Å². The third kappa shape index (κ3) is 3.18. The lowest BCUT2D eigenvalue weighted by Gasteiger charge is -2.23. The van der Waals surface area contributed by atoms with Crippen LogP contribution in [0.15, 0.2) is 22.8 Å². The van der Waals surface area contributed by atoms with E-state index < -0.39 is 0 Å². The fourth-order valence-electron chi connectivity index (χ4n) is 1.69. The number of ether oxygens (including phenoxy) is 1. The van der Waals surface area contributed by atoms with E-state index in [1.165, 1.54) is 12.8 Å². The molecule has 1 aromatic rings. The summed E-state index contributed by atoms with van der Waals surface area (Å²) in [6.45, 7) is 1.74. The van der Waals surface area contributed by atoms with E-state index in [9.17, 15) is 0 Å². The summed E-state index contributed by atoms with van der Waals surface area (Å²) in [5.41, 5.74) is 0. The van der Waals surface area contributed by atoms with Gasteiger partial charge in [0.05, 0.1) is 10.6 Å². The average Bonchev–Trinajstić information content (AvgIpc) is 2.29. The number of nitrogens with one attached hydrogen (secondary N) is 1. The highest BCUT2D eigenvalue weighted by Gasteiger charge is 2.13. The van der Waals surface area contributed by atoms with Crippen molar-refractivity contribution in [2.24, 2.45) is 0 Å². The lowest BCUT2D eigenvalue weighted by atomic mass is 10.1. The molecule has 1 atom stereocenters. The Kier molecular flexibility index (Phi) is 3.97. The fraction of sp³-hybridized carbons (Fsp3) is 0.545. The Bertz CT molecular complexity index is 313. The summed E-state index contributed by atoms with van der Waals surface area (Å²) in [7, 11) is 0. The zero-order valence-electron chi connectivity index (χ0n) is 8.58. The van der Waals surface area contributed by atoms with Gasteiger partial charge in [-0.2, -0.15) is 0 Å². The number of hydrogen-bond donors (Lipinski definition) is 1. The first-order valence-corrected chi connectivity index (χ1v) is 6.11. The summed E-state index contributed by atoms with van der Waals surface area (Å²) in [5, 5.41) is 3.30. The van der Waals surface area contributed by atoms with Gasteiger partial charge in [0.1, 0.15) is 5.82 Å². The van der Waals surface area contributed by atoms with Crippen LogP contribution in [0, 0.1) is 0 Å². The van der Waals surface area contributed by atoms with E-state index in [-0.39, 0.29) is 0 Å². The molecule has 0 radical (unpaired) electrons.